The minimum Gasteiger partial charge on any atom is -0.352 e. The first-order valence-corrected chi connectivity index (χ1v) is 8.22. The fourth-order valence-corrected chi connectivity index (χ4v) is 3.41. The number of hydrogen-bond acceptors (Lipinski definition) is 2. The van der Waals surface area contributed by atoms with Gasteiger partial charge in [0.05, 0.1) is 6.54 Å². The predicted molar refractivity (Wildman–Crippen MR) is 85.8 cm³/mol. The van der Waals surface area contributed by atoms with Gasteiger partial charge in [0.1, 0.15) is 0 Å². The van der Waals surface area contributed by atoms with Gasteiger partial charge in [-0.25, -0.2) is 0 Å². The highest BCUT2D eigenvalue weighted by Gasteiger charge is 2.25. The molecule has 0 heterocycles. The van der Waals surface area contributed by atoms with Crippen LogP contribution in [0.25, 0.3) is 0 Å². The fourth-order valence-electron chi connectivity index (χ4n) is 3.41. The molecule has 0 aromatic rings. The Labute approximate surface area is 125 Å². The molecule has 1 aliphatic rings. The fraction of sp³-hybridized carbons (Fsp3) is 0.941. The van der Waals surface area contributed by atoms with E-state index in [1.807, 2.05) is 0 Å². The summed E-state index contributed by atoms with van der Waals surface area (Å²) >= 11 is 0. The van der Waals surface area contributed by atoms with Crippen molar-refractivity contribution in [2.45, 2.75) is 91.1 Å². The van der Waals surface area contributed by atoms with Crippen LogP contribution in [0, 0.1) is 5.41 Å². The van der Waals surface area contributed by atoms with Gasteiger partial charge in [-0.1, -0.05) is 46.5 Å². The summed E-state index contributed by atoms with van der Waals surface area (Å²) in [6.07, 6.45) is 8.51. The molecule has 0 atom stereocenters. The smallest absolute Gasteiger partial charge is 0.234 e. The van der Waals surface area contributed by atoms with Gasteiger partial charge in [0, 0.05) is 11.6 Å². The summed E-state index contributed by atoms with van der Waals surface area (Å²) in [4.78, 5) is 12.1. The first-order valence-electron chi connectivity index (χ1n) is 8.22. The Balaban J connectivity index is 2.31. The molecular weight excluding hydrogens is 248 g/mol. The lowest BCUT2D eigenvalue weighted by Crippen LogP contribution is -2.48. The Morgan fingerprint density at radius 2 is 1.55 bits per heavy atom. The molecule has 1 saturated carbocycles. The van der Waals surface area contributed by atoms with Crippen molar-refractivity contribution in [3.8, 4) is 0 Å². The Kier molecular flexibility index (Phi) is 6.50. The standard InChI is InChI=1S/C17H34N2O/c1-16(2,3)13-17(4,5)18-12-15(20)19-14-10-8-6-7-9-11-14/h14,18H,6-13H2,1-5H3,(H,19,20). The Morgan fingerprint density at radius 3 is 2.05 bits per heavy atom. The SMILES string of the molecule is CC(C)(C)CC(C)(C)NCC(=O)NC1CCCCCC1. The van der Waals surface area contributed by atoms with Crippen LogP contribution in [0.2, 0.25) is 0 Å². The number of rotatable bonds is 5. The van der Waals surface area contributed by atoms with Gasteiger partial charge in [-0.15, -0.1) is 0 Å². The van der Waals surface area contributed by atoms with Crippen LogP contribution in [0.5, 0.6) is 0 Å². The van der Waals surface area contributed by atoms with E-state index >= 15 is 0 Å². The third kappa shape index (κ3) is 7.88. The second kappa shape index (κ2) is 7.44. The van der Waals surface area contributed by atoms with E-state index < -0.39 is 0 Å². The molecule has 0 unspecified atom stereocenters. The van der Waals surface area contributed by atoms with Crippen molar-refractivity contribution in [3.63, 3.8) is 0 Å². The van der Waals surface area contributed by atoms with E-state index in [9.17, 15) is 4.79 Å². The Bertz CT molecular complexity index is 297. The van der Waals surface area contributed by atoms with E-state index in [4.69, 9.17) is 0 Å². The topological polar surface area (TPSA) is 41.1 Å². The highest BCUT2D eigenvalue weighted by Crippen LogP contribution is 2.26. The van der Waals surface area contributed by atoms with Gasteiger partial charge in [0.25, 0.3) is 0 Å². The lowest BCUT2D eigenvalue weighted by atomic mass is 9.82. The highest BCUT2D eigenvalue weighted by atomic mass is 16.2. The molecule has 20 heavy (non-hydrogen) atoms. The molecule has 0 aliphatic heterocycles. The zero-order valence-corrected chi connectivity index (χ0v) is 14.1. The van der Waals surface area contributed by atoms with Crippen molar-refractivity contribution in [2.75, 3.05) is 6.54 Å². The van der Waals surface area contributed by atoms with Crippen LogP contribution in [0.3, 0.4) is 0 Å². The molecule has 1 rings (SSSR count). The average molecular weight is 282 g/mol. The number of carbonyl (C=O) groups excluding carboxylic acids is 1. The summed E-state index contributed by atoms with van der Waals surface area (Å²) in [6.45, 7) is 11.5. The van der Waals surface area contributed by atoms with Gasteiger partial charge in [-0.2, -0.15) is 0 Å². The Morgan fingerprint density at radius 1 is 1.00 bits per heavy atom. The molecule has 0 radical (unpaired) electrons. The first-order chi connectivity index (χ1) is 9.18. The normalized spacial score (nSPS) is 18.6. The van der Waals surface area contributed by atoms with Crippen molar-refractivity contribution in [3.05, 3.63) is 0 Å². The van der Waals surface area contributed by atoms with Crippen LogP contribution in [0.1, 0.15) is 79.6 Å². The summed E-state index contributed by atoms with van der Waals surface area (Å²) < 4.78 is 0. The molecule has 1 aliphatic carbocycles. The van der Waals surface area contributed by atoms with E-state index in [0.29, 0.717) is 12.6 Å². The number of amides is 1. The van der Waals surface area contributed by atoms with Gasteiger partial charge >= 0.3 is 0 Å². The van der Waals surface area contributed by atoms with Crippen molar-refractivity contribution in [2.24, 2.45) is 5.41 Å². The molecule has 1 fully saturated rings. The van der Waals surface area contributed by atoms with Gasteiger partial charge in [0.15, 0.2) is 0 Å². The molecule has 3 heteroatoms. The van der Waals surface area contributed by atoms with Crippen LogP contribution in [-0.4, -0.2) is 24.0 Å². The lowest BCUT2D eigenvalue weighted by Gasteiger charge is -2.33. The molecule has 0 spiro atoms. The second-order valence-electron chi connectivity index (χ2n) is 8.23. The minimum atomic E-state index is -0.000949. The van der Waals surface area contributed by atoms with Crippen LogP contribution in [0.15, 0.2) is 0 Å². The van der Waals surface area contributed by atoms with Crippen molar-refractivity contribution in [1.29, 1.82) is 0 Å². The van der Waals surface area contributed by atoms with E-state index in [1.165, 1.54) is 25.7 Å². The third-order valence-electron chi connectivity index (χ3n) is 3.92. The van der Waals surface area contributed by atoms with E-state index in [1.54, 1.807) is 0 Å². The summed E-state index contributed by atoms with van der Waals surface area (Å²) in [5, 5.41) is 6.60. The van der Waals surface area contributed by atoms with E-state index in [2.05, 4.69) is 45.3 Å². The van der Waals surface area contributed by atoms with Gasteiger partial charge in [-0.3, -0.25) is 4.79 Å². The average Bonchev–Trinajstić information content (AvgIpc) is 2.52. The second-order valence-corrected chi connectivity index (χ2v) is 8.23. The molecular formula is C17H34N2O. The molecule has 0 aromatic carbocycles. The largest absolute Gasteiger partial charge is 0.352 e. The third-order valence-corrected chi connectivity index (χ3v) is 3.92. The summed E-state index contributed by atoms with van der Waals surface area (Å²) in [7, 11) is 0. The lowest BCUT2D eigenvalue weighted by molar-refractivity contribution is -0.121. The van der Waals surface area contributed by atoms with Crippen LogP contribution >= 0.6 is 0 Å². The quantitative estimate of drug-likeness (QED) is 0.756. The first kappa shape index (κ1) is 17.5. The number of carbonyl (C=O) groups is 1. The molecule has 0 bridgehead atoms. The monoisotopic (exact) mass is 282 g/mol. The zero-order chi connectivity index (χ0) is 15.2. The van der Waals surface area contributed by atoms with E-state index in [0.717, 1.165) is 19.3 Å². The van der Waals surface area contributed by atoms with Crippen molar-refractivity contribution < 1.29 is 4.79 Å². The highest BCUT2D eigenvalue weighted by molar-refractivity contribution is 5.78. The molecule has 3 nitrogen and oxygen atoms in total. The van der Waals surface area contributed by atoms with Gasteiger partial charge in [-0.05, 0) is 38.5 Å². The molecule has 1 amide bonds. The predicted octanol–water partition coefficient (Wildman–Crippen LogP) is 3.63. The Hall–Kier alpha value is -0.570. The maximum absolute atomic E-state index is 12.1. The summed E-state index contributed by atoms with van der Waals surface area (Å²) in [5.74, 6) is 0.152. The molecule has 2 N–H and O–H groups in total. The van der Waals surface area contributed by atoms with Crippen molar-refractivity contribution in [1.82, 2.24) is 10.6 Å². The summed E-state index contributed by atoms with van der Waals surface area (Å²) in [6, 6.07) is 0.400. The summed E-state index contributed by atoms with van der Waals surface area (Å²) in [5.41, 5.74) is 0.271. The molecule has 118 valence electrons. The number of nitrogens with one attached hydrogen (secondary N) is 2. The van der Waals surface area contributed by atoms with Gasteiger partial charge in [0.2, 0.25) is 5.91 Å². The van der Waals surface area contributed by atoms with Crippen LogP contribution in [0.4, 0.5) is 0 Å². The van der Waals surface area contributed by atoms with Crippen molar-refractivity contribution >= 4 is 5.91 Å². The molecule has 0 saturated heterocycles. The molecule has 0 aromatic heterocycles. The maximum atomic E-state index is 12.1. The maximum Gasteiger partial charge on any atom is 0.234 e. The van der Waals surface area contributed by atoms with E-state index in [-0.39, 0.29) is 16.9 Å². The zero-order valence-electron chi connectivity index (χ0n) is 14.1. The number of hydrogen-bond donors (Lipinski definition) is 2. The van der Waals surface area contributed by atoms with Crippen LogP contribution < -0.4 is 10.6 Å². The van der Waals surface area contributed by atoms with Gasteiger partial charge < -0.3 is 10.6 Å². The van der Waals surface area contributed by atoms with Crippen LogP contribution in [-0.2, 0) is 4.79 Å². The minimum absolute atomic E-state index is 0.000949.